The molecule has 25 nitrogen and oxygen atoms in total. The Morgan fingerprint density at radius 1 is 0.548 bits per heavy atom. The molecule has 1 atom stereocenters. The average molecular weight is 1520 g/mol. The van der Waals surface area contributed by atoms with E-state index >= 15 is 0 Å². The van der Waals surface area contributed by atoms with Crippen LogP contribution < -0.4 is 31.8 Å². The predicted octanol–water partition coefficient (Wildman–Crippen LogP) is 14.6. The zero-order chi connectivity index (χ0) is 75.6. The summed E-state index contributed by atoms with van der Waals surface area (Å²) in [5.74, 6) is -1.99. The smallest absolute Gasteiger partial charge is 0.871 e. The molecule has 6 aromatic rings. The second-order valence-corrected chi connectivity index (χ2v) is 27.7. The van der Waals surface area contributed by atoms with Gasteiger partial charge in [0.15, 0.2) is 0 Å². The third kappa shape index (κ3) is 31.3. The van der Waals surface area contributed by atoms with Gasteiger partial charge in [-0.25, -0.2) is 16.8 Å². The monoisotopic (exact) mass is 1510 g/mol. The summed E-state index contributed by atoms with van der Waals surface area (Å²) < 4.78 is 69.6. The van der Waals surface area contributed by atoms with E-state index in [0.717, 1.165) is 75.0 Å². The third-order valence-electron chi connectivity index (χ3n) is 17.1. The molecule has 0 fully saturated rings. The molecule has 8 rings (SSSR count). The van der Waals surface area contributed by atoms with Crippen molar-refractivity contribution in [2.45, 2.75) is 187 Å². The summed E-state index contributed by atoms with van der Waals surface area (Å²) in [7, 11) is -10.2. The molecule has 0 saturated carbocycles. The van der Waals surface area contributed by atoms with Crippen molar-refractivity contribution in [3.63, 3.8) is 0 Å². The number of unbranched alkanes of at least 4 members (excludes halogenated alkanes) is 19. The topological polar surface area (TPSA) is 427 Å². The van der Waals surface area contributed by atoms with E-state index in [-0.39, 0.29) is 79.6 Å². The van der Waals surface area contributed by atoms with E-state index < -0.39 is 74.6 Å². The Morgan fingerprint density at radius 3 is 1.58 bits per heavy atom. The molecule has 0 aliphatic heterocycles. The van der Waals surface area contributed by atoms with Crippen LogP contribution in [0.5, 0.6) is 11.5 Å². The number of allylic oxidation sites excluding steroid dienone is 2. The number of rotatable bonds is 38. The summed E-state index contributed by atoms with van der Waals surface area (Å²) in [6.07, 6.45) is 36.4. The first-order valence-electron chi connectivity index (χ1n) is 35.8. The van der Waals surface area contributed by atoms with E-state index in [4.69, 9.17) is 15.9 Å². The molecule has 0 amide bonds. The minimum atomic E-state index is -5.11. The molecule has 6 aromatic carbocycles. The third-order valence-corrected chi connectivity index (χ3v) is 18.8. The van der Waals surface area contributed by atoms with Crippen molar-refractivity contribution in [1.29, 1.82) is 0 Å². The number of nitro benzene ring substituents is 1. The Labute approximate surface area is 627 Å². The largest absolute Gasteiger partial charge is 3.00 e. The van der Waals surface area contributed by atoms with Crippen LogP contribution in [0.4, 0.5) is 22.7 Å². The number of carbonyl (C=O) groups excluding carboxylic acids is 2. The number of fused-ring (bicyclic) bond motifs is 4. The fraction of sp³-hybridized carbons (Fsp3) is 0.474. The van der Waals surface area contributed by atoms with Gasteiger partial charge in [-0.05, 0) is 92.2 Å². The van der Waals surface area contributed by atoms with Crippen LogP contribution in [0.2, 0.25) is 0 Å². The molecule has 2 aliphatic carbocycles. The van der Waals surface area contributed by atoms with E-state index in [0.29, 0.717) is 34.0 Å². The molecular formula is C76H104CrN9O16S2. The van der Waals surface area contributed by atoms with E-state index in [1.165, 1.54) is 166 Å². The number of benzene rings is 6. The number of nitrogens with zero attached hydrogens (tertiary/aromatic N) is 6. The number of hydrogen-bond acceptors (Lipinski definition) is 24. The van der Waals surface area contributed by atoms with Crippen LogP contribution >= 0.6 is 0 Å². The molecule has 0 aromatic heterocycles. The van der Waals surface area contributed by atoms with E-state index in [1.807, 2.05) is 0 Å². The quantitative estimate of drug-likeness (QED) is 0.00790. The van der Waals surface area contributed by atoms with Gasteiger partial charge in [0.2, 0.25) is 11.6 Å². The number of anilines is 1. The molecule has 2 aliphatic rings. The summed E-state index contributed by atoms with van der Waals surface area (Å²) in [6.45, 7) is 14.0. The van der Waals surface area contributed by atoms with Gasteiger partial charge < -0.3 is 61.5 Å². The van der Waals surface area contributed by atoms with Crippen LogP contribution in [0.3, 0.4) is 0 Å². The maximum absolute atomic E-state index is 12.5. The van der Waals surface area contributed by atoms with Gasteiger partial charge in [0.1, 0.15) is 31.7 Å². The molecule has 0 spiro atoms. The van der Waals surface area contributed by atoms with Crippen LogP contribution in [0, 0.1) is 26.4 Å². The van der Waals surface area contributed by atoms with Gasteiger partial charge in [-0.2, -0.15) is 10.2 Å². The van der Waals surface area contributed by atoms with Crippen molar-refractivity contribution in [3.8, 4) is 11.5 Å². The molecule has 567 valence electrons. The number of azo groups is 1. The fourth-order valence-corrected chi connectivity index (χ4v) is 12.6. The zero-order valence-electron chi connectivity index (χ0n) is 63.1. The summed E-state index contributed by atoms with van der Waals surface area (Å²) in [5, 5.41) is 97.1. The van der Waals surface area contributed by atoms with Crippen molar-refractivity contribution in [2.75, 3.05) is 51.2 Å². The van der Waals surface area contributed by atoms with Gasteiger partial charge in [0.25, 0.3) is 5.69 Å². The number of aliphatic hydroxyl groups is 2. The van der Waals surface area contributed by atoms with E-state index in [9.17, 15) is 66.3 Å². The summed E-state index contributed by atoms with van der Waals surface area (Å²) in [6, 6.07) is 23.2. The van der Waals surface area contributed by atoms with Crippen LogP contribution in [0.1, 0.15) is 208 Å². The number of ketones is 2. The van der Waals surface area contributed by atoms with Gasteiger partial charge in [-0.3, -0.25) is 19.7 Å². The van der Waals surface area contributed by atoms with Crippen LogP contribution in [0.25, 0.3) is 32.5 Å². The van der Waals surface area contributed by atoms with Gasteiger partial charge in [-0.15, -0.1) is 10.2 Å². The van der Waals surface area contributed by atoms with Gasteiger partial charge >= 0.3 is 21.6 Å². The number of carbonyl (C=O) groups is 2. The molecule has 104 heavy (non-hydrogen) atoms. The molecule has 1 radical (unpaired) electrons. The second kappa shape index (κ2) is 50.1. The first-order chi connectivity index (χ1) is 49.5. The van der Waals surface area contributed by atoms with Crippen molar-refractivity contribution in [2.24, 2.45) is 32.1 Å². The Bertz CT molecular complexity index is 4000. The Kier molecular flexibility index (Phi) is 43.6. The Morgan fingerprint density at radius 2 is 1.07 bits per heavy atom. The van der Waals surface area contributed by atoms with Gasteiger partial charge in [0.05, 0.1) is 39.3 Å². The Hall–Kier alpha value is -7.53. The molecule has 0 saturated heterocycles. The van der Waals surface area contributed by atoms with Crippen molar-refractivity contribution in [1.82, 2.24) is 10.6 Å². The minimum absolute atomic E-state index is 0. The number of nitro groups is 1. The number of aliphatic hydroxyl groups excluding tert-OH is 2. The molecule has 0 heterocycles. The average Bonchev–Trinajstić information content (AvgIpc) is 0.765. The standard InChI is InChI=1S/C20H13N3O7S.C20H11N3O7S.2C14H31NO.C8H19N.Cr/c2*24-16-8-5-11-3-1-2-4-13(11)19(16)21-22-20-14-7-6-12(23(26)27)9-15(14)18(10-17(20)25)31(28,29)30;2*1-2-3-4-5-6-7-8-9-10-11-12-15-13-14-16;1-3-5-6-8(4-2)7-9;/h1-10,24-25H,(H,28,29,30);1-10H,(H,28,29,30);2*15-16H,2-14H2,1H3;8H,3-7,9H2,1-2H3;/q;-2;;;;+3/p-1. The SMILES string of the molecule is CCCCC(CC)CN.CCCCCCCCCCCCNCCO.CCCCCCCCCCCCNCCO.O=C1C=Cc2ccccc2C1=NN=C1C(=O)C=C(S(=O)(=O)[O-])c2cc(N([O-])[O-])ccc21.O=[N+]([O-])c1ccc2c(N=Nc3c([O-])ccc4ccccc34)c([O-])cc(S(=O)(=O)[O-])c2c1.[Cr+3].[H+].[H+].[H+]. The normalized spacial score (nSPS) is 13.5. The van der Waals surface area contributed by atoms with Crippen molar-refractivity contribution < 1.29 is 82.5 Å². The van der Waals surface area contributed by atoms with Crippen molar-refractivity contribution >= 4 is 98.5 Å². The van der Waals surface area contributed by atoms with Gasteiger partial charge in [-0.1, -0.05) is 241 Å². The number of nitrogens with two attached hydrogens (primary N) is 1. The molecule has 28 heteroatoms. The van der Waals surface area contributed by atoms with Gasteiger partial charge in [0, 0.05) is 69.8 Å². The minimum Gasteiger partial charge on any atom is -0.871 e. The van der Waals surface area contributed by atoms with Crippen LogP contribution in [0.15, 0.2) is 141 Å². The van der Waals surface area contributed by atoms with Crippen LogP contribution in [-0.4, -0.2) is 110 Å². The number of hydrogen-bond donors (Lipinski definition) is 5. The summed E-state index contributed by atoms with van der Waals surface area (Å²) >= 11 is 0. The van der Waals surface area contributed by atoms with Crippen molar-refractivity contribution in [3.05, 3.63) is 158 Å². The first kappa shape index (κ1) is 90.7. The fourth-order valence-electron chi connectivity index (χ4n) is 11.3. The molecule has 1 unspecified atom stereocenters. The number of nitrogens with one attached hydrogen (secondary N) is 2. The predicted molar refractivity (Wildman–Crippen MR) is 407 cm³/mol. The Balaban J connectivity index is 0.00000138. The van der Waals surface area contributed by atoms with E-state index in [2.05, 4.69) is 58.8 Å². The molecule has 6 N–H and O–H groups in total. The summed E-state index contributed by atoms with van der Waals surface area (Å²) in [5.41, 5.74) is 4.54. The maximum Gasteiger partial charge on any atom is 3.00 e. The summed E-state index contributed by atoms with van der Waals surface area (Å²) in [4.78, 5) is 33.3. The second-order valence-electron chi connectivity index (χ2n) is 25.0. The molecule has 0 bridgehead atoms. The maximum atomic E-state index is 12.5. The van der Waals surface area contributed by atoms with E-state index in [1.54, 1.807) is 60.7 Å². The zero-order valence-corrected chi connectivity index (χ0v) is 63.0. The van der Waals surface area contributed by atoms with Crippen LogP contribution in [-0.2, 0) is 47.2 Å². The number of non-ortho nitro benzene ring substituents is 1. The first-order valence-corrected chi connectivity index (χ1v) is 38.6. The molecular weight excluding hydrogens is 1410 g/mol.